The number of amides is 1. The lowest BCUT2D eigenvalue weighted by atomic mass is 10.2. The Morgan fingerprint density at radius 2 is 1.96 bits per heavy atom. The van der Waals surface area contributed by atoms with Gasteiger partial charge in [0.15, 0.2) is 5.76 Å². The third kappa shape index (κ3) is 2.63. The molecule has 0 aliphatic heterocycles. The number of benzene rings is 2. The lowest BCUT2D eigenvalue weighted by Crippen LogP contribution is -2.10. The Labute approximate surface area is 136 Å². The van der Waals surface area contributed by atoms with Crippen molar-refractivity contribution in [3.63, 3.8) is 0 Å². The van der Waals surface area contributed by atoms with Crippen LogP contribution < -0.4 is 5.32 Å². The topological polar surface area (TPSA) is 85.8 Å². The first-order chi connectivity index (χ1) is 11.7. The maximum absolute atomic E-state index is 12.3. The van der Waals surface area contributed by atoms with Crippen LogP contribution in [0.15, 0.2) is 59.3 Å². The number of hydrogen-bond acceptors (Lipinski definition) is 5. The van der Waals surface area contributed by atoms with E-state index < -0.39 is 0 Å². The second-order valence-corrected chi connectivity index (χ2v) is 5.41. The van der Waals surface area contributed by atoms with E-state index in [2.05, 4.69) is 20.8 Å². The maximum atomic E-state index is 12.3. The van der Waals surface area contributed by atoms with Crippen LogP contribution in [0, 0.1) is 6.92 Å². The van der Waals surface area contributed by atoms with Crippen LogP contribution in [-0.2, 0) is 0 Å². The molecular weight excluding hydrogens is 306 g/mol. The number of rotatable bonds is 3. The Morgan fingerprint density at radius 1 is 1.12 bits per heavy atom. The first-order valence-electron chi connectivity index (χ1n) is 7.34. The van der Waals surface area contributed by atoms with Crippen molar-refractivity contribution in [1.82, 2.24) is 20.2 Å². The van der Waals surface area contributed by atoms with Crippen molar-refractivity contribution in [2.45, 2.75) is 6.92 Å². The Balaban J connectivity index is 1.54. The summed E-state index contributed by atoms with van der Waals surface area (Å²) < 4.78 is 7.13. The van der Waals surface area contributed by atoms with Crippen molar-refractivity contribution in [2.24, 2.45) is 0 Å². The minimum atomic E-state index is -0.293. The van der Waals surface area contributed by atoms with Crippen LogP contribution in [-0.4, -0.2) is 26.1 Å². The van der Waals surface area contributed by atoms with Crippen LogP contribution in [0.25, 0.3) is 16.7 Å². The van der Waals surface area contributed by atoms with Crippen LogP contribution in [0.2, 0.25) is 0 Å². The average Bonchev–Trinajstić information content (AvgIpc) is 3.24. The number of aryl methyl sites for hydroxylation is 1. The summed E-state index contributed by atoms with van der Waals surface area (Å²) in [6.07, 6.45) is 1.50. The molecule has 0 aliphatic carbocycles. The zero-order valence-electron chi connectivity index (χ0n) is 12.8. The molecule has 0 fully saturated rings. The lowest BCUT2D eigenvalue weighted by molar-refractivity contribution is 0.0998. The molecule has 24 heavy (non-hydrogen) atoms. The normalized spacial score (nSPS) is 10.9. The molecule has 2 aromatic heterocycles. The molecule has 0 radical (unpaired) electrons. The zero-order chi connectivity index (χ0) is 16.5. The fourth-order valence-electron chi connectivity index (χ4n) is 2.44. The minimum absolute atomic E-state index is 0.278. The van der Waals surface area contributed by atoms with Gasteiger partial charge in [0, 0.05) is 11.1 Å². The van der Waals surface area contributed by atoms with Crippen molar-refractivity contribution in [2.75, 3.05) is 5.32 Å². The van der Waals surface area contributed by atoms with Crippen LogP contribution in [0.1, 0.15) is 16.1 Å². The highest BCUT2D eigenvalue weighted by atomic mass is 16.3. The number of carbonyl (C=O) groups is 1. The third-order valence-corrected chi connectivity index (χ3v) is 3.63. The quantitative estimate of drug-likeness (QED) is 0.627. The molecular formula is C17H13N5O2. The molecule has 0 atom stereocenters. The molecule has 118 valence electrons. The lowest BCUT2D eigenvalue weighted by Gasteiger charge is -2.04. The molecule has 2 aromatic carbocycles. The van der Waals surface area contributed by atoms with Gasteiger partial charge >= 0.3 is 0 Å². The van der Waals surface area contributed by atoms with Gasteiger partial charge < -0.3 is 9.73 Å². The summed E-state index contributed by atoms with van der Waals surface area (Å²) in [6.45, 7) is 2.00. The van der Waals surface area contributed by atoms with Crippen LogP contribution >= 0.6 is 0 Å². The molecule has 0 spiro atoms. The zero-order valence-corrected chi connectivity index (χ0v) is 12.8. The summed E-state index contributed by atoms with van der Waals surface area (Å²) in [5.74, 6) is -0.0146. The SMILES string of the molecule is Cc1ccc2oc(C(=O)Nc3ccc(-n4cnnn4)cc3)cc2c1. The summed E-state index contributed by atoms with van der Waals surface area (Å²) in [4.78, 5) is 12.3. The van der Waals surface area contributed by atoms with E-state index >= 15 is 0 Å². The average molecular weight is 319 g/mol. The molecule has 0 saturated carbocycles. The molecule has 2 heterocycles. The number of carbonyl (C=O) groups excluding carboxylic acids is 1. The van der Waals surface area contributed by atoms with Gasteiger partial charge in [-0.05, 0) is 59.8 Å². The monoisotopic (exact) mass is 319 g/mol. The van der Waals surface area contributed by atoms with E-state index in [1.165, 1.54) is 11.0 Å². The highest BCUT2D eigenvalue weighted by molar-refractivity contribution is 6.04. The van der Waals surface area contributed by atoms with Crippen LogP contribution in [0.3, 0.4) is 0 Å². The number of aromatic nitrogens is 4. The molecule has 0 saturated heterocycles. The predicted molar refractivity (Wildman–Crippen MR) is 88.1 cm³/mol. The number of furan rings is 1. The summed E-state index contributed by atoms with van der Waals surface area (Å²) >= 11 is 0. The van der Waals surface area contributed by atoms with E-state index in [0.29, 0.717) is 11.3 Å². The van der Waals surface area contributed by atoms with Crippen LogP contribution in [0.4, 0.5) is 5.69 Å². The van der Waals surface area contributed by atoms with Crippen LogP contribution in [0.5, 0.6) is 0 Å². The summed E-state index contributed by atoms with van der Waals surface area (Å²) in [5, 5.41) is 14.7. The van der Waals surface area contributed by atoms with E-state index in [1.807, 2.05) is 37.3 Å². The van der Waals surface area contributed by atoms with E-state index in [9.17, 15) is 4.79 Å². The molecule has 7 heteroatoms. The van der Waals surface area contributed by atoms with E-state index in [-0.39, 0.29) is 11.7 Å². The molecule has 0 bridgehead atoms. The number of anilines is 1. The molecule has 0 unspecified atom stereocenters. The second kappa shape index (κ2) is 5.62. The Hall–Kier alpha value is -3.48. The predicted octanol–water partition coefficient (Wildman–Crippen LogP) is 2.97. The number of hydrogen-bond donors (Lipinski definition) is 1. The second-order valence-electron chi connectivity index (χ2n) is 5.41. The third-order valence-electron chi connectivity index (χ3n) is 3.63. The maximum Gasteiger partial charge on any atom is 0.291 e. The number of nitrogens with one attached hydrogen (secondary N) is 1. The van der Waals surface area contributed by atoms with Gasteiger partial charge in [0.05, 0.1) is 5.69 Å². The Bertz CT molecular complexity index is 1000. The first-order valence-corrected chi connectivity index (χ1v) is 7.34. The first kappa shape index (κ1) is 14.1. The standard InChI is InChI=1S/C17H13N5O2/c1-11-2-7-15-12(8-11)9-16(24-15)17(23)19-13-3-5-14(6-4-13)22-10-18-20-21-22/h2-10H,1H3,(H,19,23). The molecule has 4 rings (SSSR count). The fourth-order valence-corrected chi connectivity index (χ4v) is 2.44. The molecule has 0 aliphatic rings. The molecule has 1 N–H and O–H groups in total. The van der Waals surface area contributed by atoms with Gasteiger partial charge in [-0.2, -0.15) is 0 Å². The summed E-state index contributed by atoms with van der Waals surface area (Å²) in [7, 11) is 0. The van der Waals surface area contributed by atoms with Gasteiger partial charge in [0.2, 0.25) is 0 Å². The summed E-state index contributed by atoms with van der Waals surface area (Å²) in [5.41, 5.74) is 3.28. The van der Waals surface area contributed by atoms with Crippen molar-refractivity contribution in [1.29, 1.82) is 0 Å². The Kier molecular flexibility index (Phi) is 3.31. The van der Waals surface area contributed by atoms with Gasteiger partial charge in [-0.25, -0.2) is 4.68 Å². The molecule has 4 aromatic rings. The Morgan fingerprint density at radius 3 is 2.71 bits per heavy atom. The van der Waals surface area contributed by atoms with E-state index in [4.69, 9.17) is 4.42 Å². The number of fused-ring (bicyclic) bond motifs is 1. The number of tetrazole rings is 1. The number of nitrogens with zero attached hydrogens (tertiary/aromatic N) is 4. The molecule has 7 nitrogen and oxygen atoms in total. The van der Waals surface area contributed by atoms with Gasteiger partial charge in [-0.15, -0.1) is 5.10 Å². The van der Waals surface area contributed by atoms with Gasteiger partial charge in [0.1, 0.15) is 11.9 Å². The largest absolute Gasteiger partial charge is 0.451 e. The molecule has 1 amide bonds. The highest BCUT2D eigenvalue weighted by Gasteiger charge is 2.12. The van der Waals surface area contributed by atoms with Crippen molar-refractivity contribution in [3.05, 3.63) is 66.2 Å². The smallest absolute Gasteiger partial charge is 0.291 e. The van der Waals surface area contributed by atoms with Crippen molar-refractivity contribution < 1.29 is 9.21 Å². The van der Waals surface area contributed by atoms with Crippen molar-refractivity contribution >= 4 is 22.6 Å². The van der Waals surface area contributed by atoms with E-state index in [1.54, 1.807) is 18.2 Å². The van der Waals surface area contributed by atoms with Gasteiger partial charge in [-0.3, -0.25) is 4.79 Å². The van der Waals surface area contributed by atoms with Crippen molar-refractivity contribution in [3.8, 4) is 5.69 Å². The minimum Gasteiger partial charge on any atom is -0.451 e. The van der Waals surface area contributed by atoms with Gasteiger partial charge in [-0.1, -0.05) is 11.6 Å². The fraction of sp³-hybridized carbons (Fsp3) is 0.0588. The highest BCUT2D eigenvalue weighted by Crippen LogP contribution is 2.21. The van der Waals surface area contributed by atoms with E-state index in [0.717, 1.165) is 16.6 Å². The summed E-state index contributed by atoms with van der Waals surface area (Å²) in [6, 6.07) is 14.7. The van der Waals surface area contributed by atoms with Gasteiger partial charge in [0.25, 0.3) is 5.91 Å².